The Morgan fingerprint density at radius 2 is 1.86 bits per heavy atom. The molecular weight excluding hydrogens is 493 g/mol. The van der Waals surface area contributed by atoms with Gasteiger partial charge in [-0.25, -0.2) is 9.98 Å². The van der Waals surface area contributed by atoms with E-state index in [1.807, 2.05) is 0 Å². The van der Waals surface area contributed by atoms with Crippen LogP contribution in [0.1, 0.15) is 47.5 Å². The molecule has 7 heteroatoms. The summed E-state index contributed by atoms with van der Waals surface area (Å²) in [5.74, 6) is 0.861. The second-order valence-corrected chi connectivity index (χ2v) is 8.69. The highest BCUT2D eigenvalue weighted by Crippen LogP contribution is 2.16. The molecule has 29 heavy (non-hydrogen) atoms. The first kappa shape index (κ1) is 25.8. The van der Waals surface area contributed by atoms with Gasteiger partial charge in [0.2, 0.25) is 0 Å². The van der Waals surface area contributed by atoms with Crippen molar-refractivity contribution in [2.45, 2.75) is 60.2 Å². The maximum Gasteiger partial charge on any atom is 0.191 e. The molecule has 0 unspecified atom stereocenters. The van der Waals surface area contributed by atoms with Gasteiger partial charge in [0, 0.05) is 37.0 Å². The van der Waals surface area contributed by atoms with Gasteiger partial charge in [-0.3, -0.25) is 4.90 Å². The fourth-order valence-electron chi connectivity index (χ4n) is 2.76. The van der Waals surface area contributed by atoms with Crippen molar-refractivity contribution in [1.29, 1.82) is 0 Å². The number of halogens is 1. The van der Waals surface area contributed by atoms with Crippen LogP contribution < -0.4 is 10.6 Å². The van der Waals surface area contributed by atoms with Crippen LogP contribution in [0, 0.1) is 13.8 Å². The van der Waals surface area contributed by atoms with Gasteiger partial charge in [0.05, 0.1) is 17.2 Å². The Bertz CT molecular complexity index is 753. The molecule has 1 heterocycles. The lowest BCUT2D eigenvalue weighted by atomic mass is 10.1. The van der Waals surface area contributed by atoms with Gasteiger partial charge in [-0.05, 0) is 52.8 Å². The maximum atomic E-state index is 4.81. The summed E-state index contributed by atoms with van der Waals surface area (Å²) in [7, 11) is 2.17. The summed E-state index contributed by atoms with van der Waals surface area (Å²) in [6.07, 6.45) is 0.916. The molecule has 5 nitrogen and oxygen atoms in total. The monoisotopic (exact) mass is 529 g/mol. The van der Waals surface area contributed by atoms with Crippen LogP contribution >= 0.6 is 35.3 Å². The van der Waals surface area contributed by atoms with Crippen LogP contribution in [0.5, 0.6) is 0 Å². The van der Waals surface area contributed by atoms with Crippen molar-refractivity contribution in [3.05, 3.63) is 51.0 Å². The number of hydrogen-bond donors (Lipinski definition) is 2. The molecule has 0 spiro atoms. The van der Waals surface area contributed by atoms with E-state index in [0.29, 0.717) is 12.6 Å². The highest BCUT2D eigenvalue weighted by atomic mass is 127. The number of nitrogens with zero attached hydrogens (tertiary/aromatic N) is 3. The number of hydrogen-bond acceptors (Lipinski definition) is 4. The number of aromatic nitrogens is 1. The number of aryl methyl sites for hydroxylation is 2. The van der Waals surface area contributed by atoms with Crippen LogP contribution in [0.2, 0.25) is 0 Å². The van der Waals surface area contributed by atoms with E-state index in [1.54, 1.807) is 11.3 Å². The van der Waals surface area contributed by atoms with E-state index in [9.17, 15) is 0 Å². The molecule has 0 amide bonds. The molecule has 1 aromatic heterocycles. The molecule has 2 aromatic rings. The second kappa shape index (κ2) is 13.2. The van der Waals surface area contributed by atoms with Gasteiger partial charge >= 0.3 is 0 Å². The summed E-state index contributed by atoms with van der Waals surface area (Å²) in [4.78, 5) is 13.1. The fourth-order valence-corrected chi connectivity index (χ4v) is 3.69. The van der Waals surface area contributed by atoms with Gasteiger partial charge in [0.25, 0.3) is 0 Å². The molecule has 0 aliphatic rings. The molecular formula is C22H36IN5S. The minimum Gasteiger partial charge on any atom is -0.357 e. The number of nitrogens with one attached hydrogen (secondary N) is 2. The first-order valence-corrected chi connectivity index (χ1v) is 10.9. The zero-order chi connectivity index (χ0) is 20.5. The summed E-state index contributed by atoms with van der Waals surface area (Å²) >= 11 is 1.78. The number of aliphatic imine (C=N–C) groups is 1. The summed E-state index contributed by atoms with van der Waals surface area (Å²) < 4.78 is 0. The van der Waals surface area contributed by atoms with Crippen molar-refractivity contribution in [2.75, 3.05) is 20.1 Å². The van der Waals surface area contributed by atoms with E-state index in [4.69, 9.17) is 4.99 Å². The molecule has 0 bridgehead atoms. The minimum atomic E-state index is 0. The molecule has 0 aliphatic heterocycles. The first-order chi connectivity index (χ1) is 13.4. The first-order valence-electron chi connectivity index (χ1n) is 10.1. The van der Waals surface area contributed by atoms with Gasteiger partial charge < -0.3 is 10.6 Å². The number of guanidine groups is 1. The SMILES string of the molecule is CCNC(=NCc1ccccc1CN(C)C(C)C)NCCc1nc(C)c(C)s1.I. The largest absolute Gasteiger partial charge is 0.357 e. The van der Waals surface area contributed by atoms with Crippen LogP contribution in [0.15, 0.2) is 29.3 Å². The quantitative estimate of drug-likeness (QED) is 0.285. The highest BCUT2D eigenvalue weighted by molar-refractivity contribution is 14.0. The third kappa shape index (κ3) is 8.60. The Hall–Kier alpha value is -1.19. The van der Waals surface area contributed by atoms with E-state index in [1.165, 1.54) is 21.0 Å². The van der Waals surface area contributed by atoms with E-state index < -0.39 is 0 Å². The molecule has 0 atom stereocenters. The summed E-state index contributed by atoms with van der Waals surface area (Å²) in [5.41, 5.74) is 3.76. The van der Waals surface area contributed by atoms with Gasteiger partial charge in [0.1, 0.15) is 0 Å². The van der Waals surface area contributed by atoms with Gasteiger partial charge in [-0.15, -0.1) is 35.3 Å². The third-order valence-electron chi connectivity index (χ3n) is 4.88. The number of rotatable bonds is 9. The Kier molecular flexibility index (Phi) is 11.7. The van der Waals surface area contributed by atoms with Crippen LogP contribution in [0.4, 0.5) is 0 Å². The Morgan fingerprint density at radius 3 is 2.45 bits per heavy atom. The molecule has 2 rings (SSSR count). The normalized spacial score (nSPS) is 11.7. The van der Waals surface area contributed by atoms with E-state index >= 15 is 0 Å². The molecule has 0 saturated carbocycles. The van der Waals surface area contributed by atoms with E-state index in [-0.39, 0.29) is 24.0 Å². The lowest BCUT2D eigenvalue weighted by Crippen LogP contribution is -2.38. The molecule has 0 saturated heterocycles. The smallest absolute Gasteiger partial charge is 0.191 e. The van der Waals surface area contributed by atoms with Crippen LogP contribution in [0.3, 0.4) is 0 Å². The van der Waals surface area contributed by atoms with Crippen molar-refractivity contribution in [3.63, 3.8) is 0 Å². The predicted molar refractivity (Wildman–Crippen MR) is 137 cm³/mol. The highest BCUT2D eigenvalue weighted by Gasteiger charge is 2.08. The third-order valence-corrected chi connectivity index (χ3v) is 6.01. The van der Waals surface area contributed by atoms with Crippen molar-refractivity contribution < 1.29 is 0 Å². The van der Waals surface area contributed by atoms with Crippen molar-refractivity contribution in [1.82, 2.24) is 20.5 Å². The van der Waals surface area contributed by atoms with Gasteiger partial charge in [-0.1, -0.05) is 24.3 Å². The standard InChI is InChI=1S/C22H35N5S.HI/c1-7-23-22(24-13-12-21-26-17(4)18(5)28-21)25-14-19-10-8-9-11-20(19)15-27(6)16(2)3;/h8-11,16H,7,12-15H2,1-6H3,(H2,23,24,25);1H. The molecule has 1 aromatic carbocycles. The maximum absolute atomic E-state index is 4.81. The Balaban J connectivity index is 0.00000420. The average molecular weight is 530 g/mol. The van der Waals surface area contributed by atoms with E-state index in [2.05, 4.69) is 86.4 Å². The number of benzene rings is 1. The van der Waals surface area contributed by atoms with Gasteiger partial charge in [-0.2, -0.15) is 0 Å². The summed E-state index contributed by atoms with van der Waals surface area (Å²) in [5, 5.41) is 7.97. The molecule has 0 aliphatic carbocycles. The zero-order valence-corrected chi connectivity index (χ0v) is 21.7. The summed E-state index contributed by atoms with van der Waals surface area (Å²) in [6.45, 7) is 14.0. The zero-order valence-electron chi connectivity index (χ0n) is 18.6. The Morgan fingerprint density at radius 1 is 1.17 bits per heavy atom. The molecule has 162 valence electrons. The lowest BCUT2D eigenvalue weighted by molar-refractivity contribution is 0.265. The fraction of sp³-hybridized carbons (Fsp3) is 0.545. The molecule has 0 fully saturated rings. The van der Waals surface area contributed by atoms with Gasteiger partial charge in [0.15, 0.2) is 5.96 Å². The lowest BCUT2D eigenvalue weighted by Gasteiger charge is -2.22. The van der Waals surface area contributed by atoms with Crippen LogP contribution in [0.25, 0.3) is 0 Å². The van der Waals surface area contributed by atoms with Crippen molar-refractivity contribution in [3.8, 4) is 0 Å². The van der Waals surface area contributed by atoms with Crippen LogP contribution in [-0.2, 0) is 19.5 Å². The van der Waals surface area contributed by atoms with Crippen LogP contribution in [-0.4, -0.2) is 42.0 Å². The Labute approximate surface area is 197 Å². The topological polar surface area (TPSA) is 52.6 Å². The van der Waals surface area contributed by atoms with Crippen molar-refractivity contribution >= 4 is 41.3 Å². The number of thiazole rings is 1. The predicted octanol–water partition coefficient (Wildman–Crippen LogP) is 4.52. The van der Waals surface area contributed by atoms with E-state index in [0.717, 1.165) is 37.7 Å². The molecule has 2 N–H and O–H groups in total. The summed E-state index contributed by atoms with van der Waals surface area (Å²) in [6, 6.07) is 9.11. The van der Waals surface area contributed by atoms with Crippen molar-refractivity contribution in [2.24, 2.45) is 4.99 Å². The second-order valence-electron chi connectivity index (χ2n) is 7.40. The molecule has 0 radical (unpaired) electrons. The average Bonchev–Trinajstić information content (AvgIpc) is 2.98. The minimum absolute atomic E-state index is 0.